The highest BCUT2D eigenvalue weighted by Gasteiger charge is 2.19. The molecule has 1 heterocycles. The Kier molecular flexibility index (Phi) is 4.61. The van der Waals surface area contributed by atoms with E-state index in [-0.39, 0.29) is 6.54 Å². The molecule has 0 saturated heterocycles. The minimum absolute atomic E-state index is 0.00664. The van der Waals surface area contributed by atoms with Crippen molar-refractivity contribution in [2.24, 2.45) is 0 Å². The van der Waals surface area contributed by atoms with E-state index in [4.69, 9.17) is 9.84 Å². The summed E-state index contributed by atoms with van der Waals surface area (Å²) in [6.45, 7) is 5.43. The number of nitrogens with zero attached hydrogens (tertiary/aromatic N) is 1. The fraction of sp³-hybridized carbons (Fsp3) is 0.357. The molecule has 1 aromatic rings. The van der Waals surface area contributed by atoms with Gasteiger partial charge >= 0.3 is 5.97 Å². The molecule has 0 amide bonds. The summed E-state index contributed by atoms with van der Waals surface area (Å²) in [6, 6.07) is 4.04. The lowest BCUT2D eigenvalue weighted by Gasteiger charge is -2.20. The molecule has 0 bridgehead atoms. The van der Waals surface area contributed by atoms with E-state index in [0.29, 0.717) is 19.7 Å². The van der Waals surface area contributed by atoms with Crippen LogP contribution in [0.4, 0.5) is 0 Å². The molecule has 1 N–H and O–H groups in total. The Labute approximate surface area is 120 Å². The van der Waals surface area contributed by atoms with Gasteiger partial charge in [0.25, 0.3) is 0 Å². The van der Waals surface area contributed by atoms with Crippen LogP contribution in [0.15, 0.2) is 29.3 Å². The van der Waals surface area contributed by atoms with Crippen LogP contribution in [0.2, 0.25) is 0 Å². The van der Waals surface area contributed by atoms with E-state index in [0.717, 1.165) is 22.2 Å². The zero-order chi connectivity index (χ0) is 13.8. The first kappa shape index (κ1) is 14.1. The molecule has 0 spiro atoms. The van der Waals surface area contributed by atoms with Crippen LogP contribution in [0.5, 0.6) is 5.75 Å². The predicted molar refractivity (Wildman–Crippen MR) is 76.5 cm³/mol. The molecule has 0 aromatic heterocycles. The highest BCUT2D eigenvalue weighted by molar-refractivity contribution is 9.10. The van der Waals surface area contributed by atoms with Crippen molar-refractivity contribution in [3.05, 3.63) is 40.4 Å². The average Bonchev–Trinajstić information content (AvgIpc) is 2.76. The Hall–Kier alpha value is -1.33. The molecule has 0 atom stereocenters. The number of carboxylic acid groups (broad SMARTS) is 1. The molecule has 0 fully saturated rings. The van der Waals surface area contributed by atoms with Gasteiger partial charge in [-0.25, -0.2) is 0 Å². The lowest BCUT2D eigenvalue weighted by molar-refractivity contribution is -0.138. The van der Waals surface area contributed by atoms with Gasteiger partial charge in [0, 0.05) is 29.5 Å². The van der Waals surface area contributed by atoms with Crippen LogP contribution in [-0.4, -0.2) is 35.7 Å². The van der Waals surface area contributed by atoms with Gasteiger partial charge in [-0.2, -0.15) is 0 Å². The number of hydrogen-bond donors (Lipinski definition) is 1. The largest absolute Gasteiger partial charge is 0.493 e. The summed E-state index contributed by atoms with van der Waals surface area (Å²) in [4.78, 5) is 12.7. The number of ether oxygens (including phenoxy) is 1. The van der Waals surface area contributed by atoms with E-state index >= 15 is 0 Å². The average molecular weight is 326 g/mol. The monoisotopic (exact) mass is 325 g/mol. The molecule has 1 aliphatic heterocycles. The summed E-state index contributed by atoms with van der Waals surface area (Å²) in [5, 5.41) is 8.92. The van der Waals surface area contributed by atoms with E-state index in [1.807, 2.05) is 11.0 Å². The summed E-state index contributed by atoms with van der Waals surface area (Å²) in [6.07, 6.45) is 2.62. The first-order valence-electron chi connectivity index (χ1n) is 6.09. The van der Waals surface area contributed by atoms with Crippen LogP contribution in [0, 0.1) is 0 Å². The maximum absolute atomic E-state index is 10.9. The fourth-order valence-corrected chi connectivity index (χ4v) is 2.82. The van der Waals surface area contributed by atoms with E-state index in [9.17, 15) is 4.79 Å². The SMILES string of the molecule is C=CCN(CC(=O)O)Cc1cc(Br)cc2c1OCC2. The zero-order valence-electron chi connectivity index (χ0n) is 10.6. The molecular weight excluding hydrogens is 310 g/mol. The predicted octanol–water partition coefficient (Wildman–Crippen LogP) is 2.46. The van der Waals surface area contributed by atoms with Crippen molar-refractivity contribution >= 4 is 21.9 Å². The highest BCUT2D eigenvalue weighted by atomic mass is 79.9. The van der Waals surface area contributed by atoms with Crippen molar-refractivity contribution in [3.63, 3.8) is 0 Å². The third kappa shape index (κ3) is 3.58. The standard InChI is InChI=1S/C14H16BrNO3/c1-2-4-16(9-13(17)18)8-11-7-12(15)6-10-3-5-19-14(10)11/h2,6-7H,1,3-5,8-9H2,(H,17,18). The first-order chi connectivity index (χ1) is 9.10. The van der Waals surface area contributed by atoms with Crippen molar-refractivity contribution in [1.82, 2.24) is 4.90 Å². The maximum Gasteiger partial charge on any atom is 0.317 e. The van der Waals surface area contributed by atoms with Crippen molar-refractivity contribution in [3.8, 4) is 5.75 Å². The topological polar surface area (TPSA) is 49.8 Å². The molecule has 0 radical (unpaired) electrons. The maximum atomic E-state index is 10.9. The van der Waals surface area contributed by atoms with Crippen molar-refractivity contribution < 1.29 is 14.6 Å². The van der Waals surface area contributed by atoms with Gasteiger partial charge in [0.2, 0.25) is 0 Å². The van der Waals surface area contributed by atoms with Gasteiger partial charge < -0.3 is 9.84 Å². The molecule has 4 nitrogen and oxygen atoms in total. The Morgan fingerprint density at radius 2 is 2.37 bits per heavy atom. The summed E-state index contributed by atoms with van der Waals surface area (Å²) in [7, 11) is 0. The summed E-state index contributed by atoms with van der Waals surface area (Å²) in [5.74, 6) is 0.0667. The fourth-order valence-electron chi connectivity index (χ4n) is 2.26. The zero-order valence-corrected chi connectivity index (χ0v) is 12.1. The molecule has 1 aromatic carbocycles. The van der Waals surface area contributed by atoms with Crippen LogP contribution >= 0.6 is 15.9 Å². The second-order valence-electron chi connectivity index (χ2n) is 4.50. The highest BCUT2D eigenvalue weighted by Crippen LogP contribution is 2.33. The number of aliphatic carboxylic acids is 1. The van der Waals surface area contributed by atoms with Crippen LogP contribution in [0.3, 0.4) is 0 Å². The number of rotatable bonds is 6. The normalized spacial score (nSPS) is 13.2. The Balaban J connectivity index is 2.21. The van der Waals surface area contributed by atoms with Crippen molar-refractivity contribution in [2.45, 2.75) is 13.0 Å². The minimum atomic E-state index is -0.839. The summed E-state index contributed by atoms with van der Waals surface area (Å²) < 4.78 is 6.65. The van der Waals surface area contributed by atoms with Gasteiger partial charge in [-0.3, -0.25) is 9.69 Å². The minimum Gasteiger partial charge on any atom is -0.493 e. The van der Waals surface area contributed by atoms with Crippen LogP contribution in [0.25, 0.3) is 0 Å². The molecule has 1 aliphatic rings. The molecule has 5 heteroatoms. The van der Waals surface area contributed by atoms with Gasteiger partial charge in [-0.15, -0.1) is 6.58 Å². The third-order valence-electron chi connectivity index (χ3n) is 2.97. The van der Waals surface area contributed by atoms with Crippen molar-refractivity contribution in [2.75, 3.05) is 19.7 Å². The summed E-state index contributed by atoms with van der Waals surface area (Å²) >= 11 is 3.48. The first-order valence-corrected chi connectivity index (χ1v) is 6.88. The molecule has 0 saturated carbocycles. The number of carbonyl (C=O) groups is 1. The molecule has 2 rings (SSSR count). The van der Waals surface area contributed by atoms with E-state index in [1.54, 1.807) is 6.08 Å². The Bertz CT molecular complexity index is 502. The molecule has 19 heavy (non-hydrogen) atoms. The second-order valence-corrected chi connectivity index (χ2v) is 5.42. The van der Waals surface area contributed by atoms with E-state index in [1.165, 1.54) is 5.56 Å². The summed E-state index contributed by atoms with van der Waals surface area (Å²) in [5.41, 5.74) is 2.20. The molecule has 0 aliphatic carbocycles. The van der Waals surface area contributed by atoms with Crippen molar-refractivity contribution in [1.29, 1.82) is 0 Å². The number of carboxylic acids is 1. The quantitative estimate of drug-likeness (QED) is 0.816. The Morgan fingerprint density at radius 3 is 3.05 bits per heavy atom. The van der Waals surface area contributed by atoms with Gasteiger partial charge in [0.05, 0.1) is 13.2 Å². The molecule has 0 unspecified atom stereocenters. The van der Waals surface area contributed by atoms with Crippen LogP contribution < -0.4 is 4.74 Å². The Morgan fingerprint density at radius 1 is 1.58 bits per heavy atom. The third-order valence-corrected chi connectivity index (χ3v) is 3.42. The molecule has 102 valence electrons. The lowest BCUT2D eigenvalue weighted by atomic mass is 10.1. The van der Waals surface area contributed by atoms with Gasteiger partial charge in [0.1, 0.15) is 5.75 Å². The van der Waals surface area contributed by atoms with E-state index in [2.05, 4.69) is 28.6 Å². The number of fused-ring (bicyclic) bond motifs is 1. The van der Waals surface area contributed by atoms with E-state index < -0.39 is 5.97 Å². The van der Waals surface area contributed by atoms with Crippen LogP contribution in [0.1, 0.15) is 11.1 Å². The van der Waals surface area contributed by atoms with Gasteiger partial charge in [-0.05, 0) is 17.7 Å². The molecular formula is C14H16BrNO3. The lowest BCUT2D eigenvalue weighted by Crippen LogP contribution is -2.29. The second kappa shape index (κ2) is 6.21. The van der Waals surface area contributed by atoms with Crippen LogP contribution in [-0.2, 0) is 17.8 Å². The smallest absolute Gasteiger partial charge is 0.317 e. The number of benzene rings is 1. The number of hydrogen-bond acceptors (Lipinski definition) is 3. The van der Waals surface area contributed by atoms with Gasteiger partial charge in [-0.1, -0.05) is 22.0 Å². The number of halogens is 1. The van der Waals surface area contributed by atoms with Gasteiger partial charge in [0.15, 0.2) is 0 Å².